The molecule has 0 aliphatic heterocycles. The molecule has 0 fully saturated rings. The smallest absolute Gasteiger partial charge is 0.578 e. The van der Waals surface area contributed by atoms with E-state index in [1.54, 1.807) is 129 Å². The second-order valence-electron chi connectivity index (χ2n) is 26.6. The number of methoxy groups -OCH3 is 1. The van der Waals surface area contributed by atoms with E-state index in [9.17, 15) is 52.7 Å². The Hall–Kier alpha value is -13.0. The fraction of sp³-hybridized carbons (Fsp3) is 0.146. The van der Waals surface area contributed by atoms with Crippen LogP contribution in [0.5, 0.6) is 28.7 Å². The molecule has 0 spiro atoms. The Balaban J connectivity index is 0.000000231. The summed E-state index contributed by atoms with van der Waals surface area (Å²) in [7, 11) is 1.65. The third-order valence-electron chi connectivity index (χ3n) is 16.7. The summed E-state index contributed by atoms with van der Waals surface area (Å²) in [5, 5.41) is 26.2. The van der Waals surface area contributed by atoms with Gasteiger partial charge in [-0.25, -0.2) is 0 Å². The van der Waals surface area contributed by atoms with Crippen LogP contribution in [-0.2, 0) is 130 Å². The molecule has 0 atom stereocenters. The molecule has 0 radical (unpaired) electrons. The van der Waals surface area contributed by atoms with Gasteiger partial charge in [0, 0.05) is 95.3 Å². The largest absolute Gasteiger partial charge is 2.00 e. The monoisotopic (exact) mass is 2510 g/mol. The van der Waals surface area contributed by atoms with Crippen molar-refractivity contribution < 1.29 is 151 Å². The van der Waals surface area contributed by atoms with E-state index in [0.29, 0.717) is 29.4 Å². The van der Waals surface area contributed by atoms with Gasteiger partial charge in [-0.3, -0.25) is 19.9 Å². The molecule has 0 saturated heterocycles. The minimum Gasteiger partial charge on any atom is -0.578 e. The minimum absolute atomic E-state index is 0. The van der Waals surface area contributed by atoms with Crippen LogP contribution in [0, 0.1) is 24.3 Å². The Morgan fingerprint density at radius 3 is 0.818 bits per heavy atom. The van der Waals surface area contributed by atoms with Gasteiger partial charge in [-0.2, -0.15) is 52.7 Å². The van der Waals surface area contributed by atoms with Gasteiger partial charge < -0.3 is 79.7 Å². The molecule has 20 nitrogen and oxygen atoms in total. The third-order valence-corrected chi connectivity index (χ3v) is 16.7. The first-order valence-electron chi connectivity index (χ1n) is 38.9. The van der Waals surface area contributed by atoms with Crippen LogP contribution in [0.4, 0.5) is 52.7 Å². The summed E-state index contributed by atoms with van der Waals surface area (Å²) in [5.41, 5.74) is 7.00. The predicted molar refractivity (Wildman–Crippen MR) is 452 cm³/mol. The van der Waals surface area contributed by atoms with Crippen LogP contribution in [0.2, 0.25) is 0 Å². The fourth-order valence-corrected chi connectivity index (χ4v) is 11.0. The van der Waals surface area contributed by atoms with Crippen molar-refractivity contribution in [1.29, 1.82) is 0 Å². The summed E-state index contributed by atoms with van der Waals surface area (Å²) in [6.45, 7) is 6.64. The first-order chi connectivity index (χ1) is 61.8. The van der Waals surface area contributed by atoms with Crippen LogP contribution in [0.3, 0.4) is 0 Å². The molecular weight excluding hydrogens is 2430 g/mol. The zero-order chi connectivity index (χ0) is 91.0. The Labute approximate surface area is 805 Å². The van der Waals surface area contributed by atoms with Gasteiger partial charge in [0.05, 0.1) is 19.8 Å². The summed E-state index contributed by atoms with van der Waals surface area (Å²) >= 11 is 0. The summed E-state index contributed by atoms with van der Waals surface area (Å²) in [6.07, 6.45) is -3.19. The number of nitrogens with zero attached hydrogens (tertiary/aromatic N) is 16. The average molecular weight is 2510 g/mol. The molecule has 36 heteroatoms. The van der Waals surface area contributed by atoms with Crippen molar-refractivity contribution in [3.63, 3.8) is 0 Å². The fourth-order valence-electron chi connectivity index (χ4n) is 11.0. The quantitative estimate of drug-likeness (QED) is 0.0539. The summed E-state index contributed by atoms with van der Waals surface area (Å²) in [5.74, 6) is 4.02. The van der Waals surface area contributed by atoms with E-state index in [1.165, 1.54) is 0 Å². The molecule has 0 unspecified atom stereocenters. The Bertz CT molecular complexity index is 5680. The molecule has 0 aliphatic rings. The van der Waals surface area contributed by atoms with Gasteiger partial charge in [0.1, 0.15) is 28.5 Å². The molecule has 0 saturated carbocycles. The van der Waals surface area contributed by atoms with Crippen LogP contribution >= 0.6 is 0 Å². The van der Waals surface area contributed by atoms with Crippen molar-refractivity contribution in [2.45, 2.75) is 77.3 Å². The second-order valence-corrected chi connectivity index (χ2v) is 26.6. The number of benzene rings is 5. The summed E-state index contributed by atoms with van der Waals surface area (Å²) < 4.78 is 169. The number of halogens is 12. The summed E-state index contributed by atoms with van der Waals surface area (Å²) in [6, 6.07) is 93.0. The van der Waals surface area contributed by atoms with Crippen molar-refractivity contribution in [2.75, 3.05) is 13.7 Å². The van der Waals surface area contributed by atoms with Gasteiger partial charge in [0.15, 0.2) is 0 Å². The Kier molecular flexibility index (Phi) is 45.1. The molecule has 5 aromatic carbocycles. The number of alkyl halides is 12. The van der Waals surface area contributed by atoms with Gasteiger partial charge in [0.2, 0.25) is 0 Å². The van der Waals surface area contributed by atoms with E-state index < -0.39 is 47.5 Å². The van der Waals surface area contributed by atoms with Crippen molar-refractivity contribution in [1.82, 2.24) is 80.7 Å². The maximum atomic E-state index is 12.2. The van der Waals surface area contributed by atoms with E-state index in [1.807, 2.05) is 197 Å². The first kappa shape index (κ1) is 108. The van der Waals surface area contributed by atoms with Crippen LogP contribution in [0.15, 0.2) is 323 Å². The van der Waals surface area contributed by atoms with Gasteiger partial charge >= 0.3 is 104 Å². The second kappa shape index (κ2) is 55.3. The van der Waals surface area contributed by atoms with Gasteiger partial charge in [-0.15, -0.1) is 120 Å². The maximum absolute atomic E-state index is 12.2. The standard InChI is InChI=1S/C17H12NO.C14H14NO.C13H12NO.C12H10NO.4C10H7F3N3.4Os/c1-2-8-14(9-3-1)19-17-12-5-4-10-15(17)16-11-6-7-13-18-16;1-11(2)16-14-9-4-3-7-12(14)13-8-5-6-10-15-13;1-2-15-13-9-4-3-7-11(13)12-8-5-6-10-14-12;1-14-12-8-3-2-6-10(12)11-7-4-5-9-13-11;4*11-10(12,13)9-6-8(15-16-9)5-7-3-1-2-4-14-7;;;;/h1-9,11-13H;3-6,8-11H,1-2H3;3-6,8-10H,2H2,1H3;2-5,7-9H,1H3;4*1-4,6H,5H2;;;;/q8*-1;4*+2. The predicted octanol–water partition coefficient (Wildman–Crippen LogP) is 21.3. The van der Waals surface area contributed by atoms with Crippen molar-refractivity contribution in [2.24, 2.45) is 0 Å². The molecule has 0 aliphatic carbocycles. The molecule has 680 valence electrons. The summed E-state index contributed by atoms with van der Waals surface area (Å²) in [4.78, 5) is 33.2. The van der Waals surface area contributed by atoms with Crippen LogP contribution in [0.25, 0.3) is 45.0 Å². The molecule has 0 N–H and O–H groups in total. The molecule has 0 amide bonds. The van der Waals surface area contributed by atoms with E-state index >= 15 is 0 Å². The third kappa shape index (κ3) is 36.4. The normalized spacial score (nSPS) is 10.6. The number of hydrogen-bond donors (Lipinski definition) is 0. The number of hydrogen-bond acceptors (Lipinski definition) is 16. The zero-order valence-corrected chi connectivity index (χ0v) is 80.1. The molecule has 12 heterocycles. The number of pyridine rings is 8. The molecule has 12 aromatic heterocycles. The maximum Gasteiger partial charge on any atom is 2.00 e. The van der Waals surface area contributed by atoms with Crippen LogP contribution in [0.1, 0.15) is 89.1 Å². The average Bonchev–Trinajstić information content (AvgIpc) is 1.81. The minimum atomic E-state index is -4.44. The molecular formula is C96H76F12N16O4Os4. The van der Waals surface area contributed by atoms with E-state index in [2.05, 4.69) is 105 Å². The van der Waals surface area contributed by atoms with E-state index in [4.69, 9.17) is 18.9 Å². The van der Waals surface area contributed by atoms with Crippen LogP contribution in [-0.4, -0.2) is 80.1 Å². The molecule has 132 heavy (non-hydrogen) atoms. The number of ether oxygens (including phenoxy) is 4. The van der Waals surface area contributed by atoms with Crippen molar-refractivity contribution in [3.8, 4) is 73.8 Å². The van der Waals surface area contributed by atoms with Gasteiger partial charge in [0.25, 0.3) is 0 Å². The SMILES string of the molecule is CC(C)Oc1ccc[c-]c1-c1ccccn1.CCOc1ccc[c-]c1-c1ccccn1.COc1ccc[c-]c1-c1ccccn1.FC(F)(F)c1cc(Cc2ccccn2)[n-]n1.FC(F)(F)c1cc(Cc2ccccn2)[n-]n1.FC(F)(F)c1cc(Cc2ccccn2)[n-]n1.FC(F)(F)c1cc(Cc2ccccn2)[n-]n1.[Os+2].[Os+2].[Os+2].[Os+2].[c-]1cccc(Oc2ccccc2)c1-c1ccccn1. The van der Waals surface area contributed by atoms with Crippen LogP contribution < -0.4 is 39.3 Å². The van der Waals surface area contributed by atoms with E-state index in [-0.39, 0.29) is 134 Å². The first-order valence-corrected chi connectivity index (χ1v) is 38.9. The van der Waals surface area contributed by atoms with Crippen molar-refractivity contribution in [3.05, 3.63) is 415 Å². The number of aromatic nitrogens is 16. The van der Waals surface area contributed by atoms with E-state index in [0.717, 1.165) is 98.0 Å². The van der Waals surface area contributed by atoms with Crippen molar-refractivity contribution >= 4 is 0 Å². The molecule has 17 rings (SSSR count). The zero-order valence-electron chi connectivity index (χ0n) is 70.0. The van der Waals surface area contributed by atoms with Gasteiger partial charge in [-0.05, 0) is 154 Å². The van der Waals surface area contributed by atoms with Gasteiger partial charge in [-0.1, -0.05) is 138 Å². The Morgan fingerprint density at radius 1 is 0.303 bits per heavy atom. The number of para-hydroxylation sites is 1. The number of rotatable bonds is 19. The molecule has 0 bridgehead atoms. The molecule has 17 aromatic rings. The Morgan fingerprint density at radius 2 is 0.561 bits per heavy atom. The topological polar surface area (TPSA) is 248 Å².